The van der Waals surface area contributed by atoms with Crippen molar-refractivity contribution in [3.8, 4) is 0 Å². The fourth-order valence-electron chi connectivity index (χ4n) is 3.36. The number of H-pyrrole nitrogens is 1. The Kier molecular flexibility index (Phi) is 4.27. The first-order valence-electron chi connectivity index (χ1n) is 7.92. The number of hydrogen-bond donors (Lipinski definition) is 1. The second kappa shape index (κ2) is 6.33. The Labute approximate surface area is 125 Å². The van der Waals surface area contributed by atoms with Crippen LogP contribution < -0.4 is 0 Å². The minimum atomic E-state index is 0.155. The van der Waals surface area contributed by atoms with Crippen molar-refractivity contribution in [1.29, 1.82) is 0 Å². The number of amides is 2. The molecule has 1 saturated carbocycles. The molecule has 0 atom stereocenters. The molecule has 0 unspecified atom stereocenters. The maximum atomic E-state index is 12.4. The van der Waals surface area contributed by atoms with Crippen molar-refractivity contribution in [2.45, 2.75) is 32.1 Å². The molecular formula is C16H23N3O2. The van der Waals surface area contributed by atoms with Crippen LogP contribution in [0.2, 0.25) is 0 Å². The highest BCUT2D eigenvalue weighted by molar-refractivity contribution is 5.81. The van der Waals surface area contributed by atoms with Gasteiger partial charge in [-0.3, -0.25) is 9.59 Å². The third kappa shape index (κ3) is 3.28. The number of nitrogens with one attached hydrogen (secondary N) is 1. The maximum Gasteiger partial charge on any atom is 0.227 e. The molecule has 3 rings (SSSR count). The average molecular weight is 289 g/mol. The second-order valence-corrected chi connectivity index (χ2v) is 6.08. The molecule has 2 aliphatic rings. The molecule has 1 saturated heterocycles. The molecule has 1 aromatic rings. The van der Waals surface area contributed by atoms with E-state index in [9.17, 15) is 9.59 Å². The lowest BCUT2D eigenvalue weighted by Crippen LogP contribution is -2.52. The summed E-state index contributed by atoms with van der Waals surface area (Å²) in [5.41, 5.74) is 1.02. The molecular weight excluding hydrogens is 266 g/mol. The SMILES string of the molecule is O=C(Cc1cc[nH]c1)N1CCN(C(=O)C2CCCC2)CC1. The van der Waals surface area contributed by atoms with Crippen molar-refractivity contribution < 1.29 is 9.59 Å². The van der Waals surface area contributed by atoms with E-state index < -0.39 is 0 Å². The first-order chi connectivity index (χ1) is 10.2. The van der Waals surface area contributed by atoms with Gasteiger partial charge in [-0.05, 0) is 24.5 Å². The number of nitrogens with zero attached hydrogens (tertiary/aromatic N) is 2. The van der Waals surface area contributed by atoms with Gasteiger partial charge in [-0.15, -0.1) is 0 Å². The van der Waals surface area contributed by atoms with Crippen LogP contribution in [0.15, 0.2) is 18.5 Å². The molecule has 0 radical (unpaired) electrons. The molecule has 1 aliphatic carbocycles. The highest BCUT2D eigenvalue weighted by Gasteiger charge is 2.30. The van der Waals surface area contributed by atoms with Gasteiger partial charge in [-0.25, -0.2) is 0 Å². The molecule has 5 nitrogen and oxygen atoms in total. The molecule has 2 amide bonds. The normalized spacial score (nSPS) is 20.0. The van der Waals surface area contributed by atoms with Crippen LogP contribution in [0.25, 0.3) is 0 Å². The Bertz CT molecular complexity index is 484. The van der Waals surface area contributed by atoms with Crippen LogP contribution >= 0.6 is 0 Å². The van der Waals surface area contributed by atoms with Crippen LogP contribution in [0.4, 0.5) is 0 Å². The van der Waals surface area contributed by atoms with Gasteiger partial charge in [0.05, 0.1) is 6.42 Å². The molecule has 5 heteroatoms. The first kappa shape index (κ1) is 14.2. The van der Waals surface area contributed by atoms with E-state index in [0.717, 1.165) is 18.4 Å². The van der Waals surface area contributed by atoms with Crippen LogP contribution in [-0.4, -0.2) is 52.8 Å². The van der Waals surface area contributed by atoms with Gasteiger partial charge in [0.2, 0.25) is 11.8 Å². The summed E-state index contributed by atoms with van der Waals surface area (Å²) in [7, 11) is 0. The quantitative estimate of drug-likeness (QED) is 0.915. The molecule has 1 aromatic heterocycles. The Hall–Kier alpha value is -1.78. The van der Waals surface area contributed by atoms with Crippen LogP contribution in [0.3, 0.4) is 0 Å². The van der Waals surface area contributed by atoms with E-state index >= 15 is 0 Å². The largest absolute Gasteiger partial charge is 0.367 e. The average Bonchev–Trinajstić information content (AvgIpc) is 3.20. The van der Waals surface area contributed by atoms with E-state index in [4.69, 9.17) is 0 Å². The number of carbonyl (C=O) groups is 2. The fraction of sp³-hybridized carbons (Fsp3) is 0.625. The molecule has 0 aromatic carbocycles. The smallest absolute Gasteiger partial charge is 0.227 e. The van der Waals surface area contributed by atoms with Crippen molar-refractivity contribution in [3.63, 3.8) is 0 Å². The summed E-state index contributed by atoms with van der Waals surface area (Å²) in [4.78, 5) is 31.4. The summed E-state index contributed by atoms with van der Waals surface area (Å²) in [5.74, 6) is 0.708. The number of rotatable bonds is 3. The molecule has 1 N–H and O–H groups in total. The molecule has 0 bridgehead atoms. The van der Waals surface area contributed by atoms with Crippen molar-refractivity contribution in [2.75, 3.05) is 26.2 Å². The molecule has 0 spiro atoms. The van der Waals surface area contributed by atoms with Gasteiger partial charge in [0.15, 0.2) is 0 Å². The van der Waals surface area contributed by atoms with Crippen LogP contribution in [-0.2, 0) is 16.0 Å². The number of hydrogen-bond acceptors (Lipinski definition) is 2. The third-order valence-corrected chi connectivity index (χ3v) is 4.67. The summed E-state index contributed by atoms with van der Waals surface area (Å²) in [5, 5.41) is 0. The standard InChI is InChI=1S/C16H23N3O2/c20-15(11-13-5-6-17-12-13)18-7-9-19(10-8-18)16(21)14-3-1-2-4-14/h5-6,12,14,17H,1-4,7-11H2. The van der Waals surface area contributed by atoms with Crippen LogP contribution in [0, 0.1) is 5.92 Å². The number of carbonyl (C=O) groups excluding carboxylic acids is 2. The van der Waals surface area contributed by atoms with E-state index in [1.807, 2.05) is 28.3 Å². The van der Waals surface area contributed by atoms with E-state index in [1.165, 1.54) is 12.8 Å². The number of piperazine rings is 1. The minimum Gasteiger partial charge on any atom is -0.367 e. The molecule has 21 heavy (non-hydrogen) atoms. The minimum absolute atomic E-state index is 0.155. The number of aromatic nitrogens is 1. The van der Waals surface area contributed by atoms with Gasteiger partial charge in [0, 0.05) is 44.5 Å². The van der Waals surface area contributed by atoms with Crippen molar-refractivity contribution >= 4 is 11.8 Å². The Balaban J connectivity index is 1.48. The van der Waals surface area contributed by atoms with Crippen molar-refractivity contribution in [3.05, 3.63) is 24.0 Å². The monoisotopic (exact) mass is 289 g/mol. The Morgan fingerprint density at radius 3 is 2.38 bits per heavy atom. The second-order valence-electron chi connectivity index (χ2n) is 6.08. The van der Waals surface area contributed by atoms with E-state index in [2.05, 4.69) is 4.98 Å². The van der Waals surface area contributed by atoms with Gasteiger partial charge >= 0.3 is 0 Å². The maximum absolute atomic E-state index is 12.4. The van der Waals surface area contributed by atoms with Crippen LogP contribution in [0.5, 0.6) is 0 Å². The van der Waals surface area contributed by atoms with E-state index in [1.54, 1.807) is 0 Å². The van der Waals surface area contributed by atoms with Crippen molar-refractivity contribution in [2.24, 2.45) is 5.92 Å². The summed E-state index contributed by atoms with van der Waals surface area (Å²) >= 11 is 0. The van der Waals surface area contributed by atoms with E-state index in [0.29, 0.717) is 38.5 Å². The lowest BCUT2D eigenvalue weighted by atomic mass is 10.1. The fourth-order valence-corrected chi connectivity index (χ4v) is 3.36. The predicted octanol–water partition coefficient (Wildman–Crippen LogP) is 1.42. The number of aromatic amines is 1. The lowest BCUT2D eigenvalue weighted by Gasteiger charge is -2.36. The zero-order chi connectivity index (χ0) is 14.7. The molecule has 2 heterocycles. The highest BCUT2D eigenvalue weighted by Crippen LogP contribution is 2.26. The Morgan fingerprint density at radius 2 is 1.76 bits per heavy atom. The highest BCUT2D eigenvalue weighted by atomic mass is 16.2. The zero-order valence-corrected chi connectivity index (χ0v) is 12.4. The van der Waals surface area contributed by atoms with Gasteiger partial charge in [-0.2, -0.15) is 0 Å². The summed E-state index contributed by atoms with van der Waals surface area (Å²) in [6, 6.07) is 1.93. The van der Waals surface area contributed by atoms with Gasteiger partial charge in [0.25, 0.3) is 0 Å². The summed E-state index contributed by atoms with van der Waals surface area (Å²) in [6.07, 6.45) is 8.60. The zero-order valence-electron chi connectivity index (χ0n) is 12.4. The van der Waals surface area contributed by atoms with E-state index in [-0.39, 0.29) is 11.8 Å². The van der Waals surface area contributed by atoms with Gasteiger partial charge in [0.1, 0.15) is 0 Å². The summed E-state index contributed by atoms with van der Waals surface area (Å²) < 4.78 is 0. The third-order valence-electron chi connectivity index (χ3n) is 4.67. The lowest BCUT2D eigenvalue weighted by molar-refractivity contribution is -0.141. The summed E-state index contributed by atoms with van der Waals surface area (Å²) in [6.45, 7) is 2.71. The predicted molar refractivity (Wildman–Crippen MR) is 79.6 cm³/mol. The van der Waals surface area contributed by atoms with Crippen molar-refractivity contribution in [1.82, 2.24) is 14.8 Å². The van der Waals surface area contributed by atoms with Gasteiger partial charge < -0.3 is 14.8 Å². The first-order valence-corrected chi connectivity index (χ1v) is 7.92. The Morgan fingerprint density at radius 1 is 1.10 bits per heavy atom. The topological polar surface area (TPSA) is 56.4 Å². The molecule has 2 fully saturated rings. The van der Waals surface area contributed by atoms with Crippen LogP contribution in [0.1, 0.15) is 31.2 Å². The molecule has 114 valence electrons. The molecule has 1 aliphatic heterocycles. The van der Waals surface area contributed by atoms with Gasteiger partial charge in [-0.1, -0.05) is 12.8 Å².